The van der Waals surface area contributed by atoms with E-state index in [1.165, 1.54) is 6.92 Å². The zero-order chi connectivity index (χ0) is 19.7. The summed E-state index contributed by atoms with van der Waals surface area (Å²) < 4.78 is 11.0. The van der Waals surface area contributed by atoms with E-state index < -0.39 is 24.1 Å². The Bertz CT molecular complexity index is 698. The van der Waals surface area contributed by atoms with Crippen LogP contribution in [-0.4, -0.2) is 47.5 Å². The fourth-order valence-corrected chi connectivity index (χ4v) is 2.79. The number of rotatable bonds is 11. The minimum absolute atomic E-state index is 0.156. The zero-order valence-corrected chi connectivity index (χ0v) is 15.9. The number of benzene rings is 2. The first kappa shape index (κ1) is 21.3. The smallest absolute Gasteiger partial charge is 0.192 e. The molecule has 5 heteroatoms. The third kappa shape index (κ3) is 5.71. The average molecular weight is 372 g/mol. The van der Waals surface area contributed by atoms with Gasteiger partial charge in [0, 0.05) is 13.2 Å². The van der Waals surface area contributed by atoms with Crippen molar-refractivity contribution in [2.45, 2.75) is 38.6 Å². The normalized spacial score (nSPS) is 14.5. The SMILES string of the molecule is CCOCC[C@H](O)[C@](C)(OCc1ccc(-c2ccccc2)cc1)C(=O)CO. The van der Waals surface area contributed by atoms with Crippen molar-refractivity contribution in [3.05, 3.63) is 60.2 Å². The average Bonchev–Trinajstić information content (AvgIpc) is 2.72. The molecule has 2 N–H and O–H groups in total. The van der Waals surface area contributed by atoms with Crippen LogP contribution < -0.4 is 0 Å². The molecule has 0 amide bonds. The maximum Gasteiger partial charge on any atom is 0.192 e. The Kier molecular flexibility index (Phi) is 8.13. The second kappa shape index (κ2) is 10.3. The van der Waals surface area contributed by atoms with Crippen LogP contribution in [0.15, 0.2) is 54.6 Å². The second-order valence-corrected chi connectivity index (χ2v) is 6.54. The molecule has 0 spiro atoms. The van der Waals surface area contributed by atoms with Gasteiger partial charge in [0.25, 0.3) is 0 Å². The Balaban J connectivity index is 2.04. The van der Waals surface area contributed by atoms with Crippen LogP contribution in [0.4, 0.5) is 0 Å². The van der Waals surface area contributed by atoms with E-state index in [1.54, 1.807) is 0 Å². The number of hydrogen-bond acceptors (Lipinski definition) is 5. The third-order valence-electron chi connectivity index (χ3n) is 4.67. The summed E-state index contributed by atoms with van der Waals surface area (Å²) in [6.45, 7) is 3.70. The summed E-state index contributed by atoms with van der Waals surface area (Å²) in [5, 5.41) is 19.7. The van der Waals surface area contributed by atoms with Crippen LogP contribution in [0, 0.1) is 0 Å². The van der Waals surface area contributed by atoms with Crippen LogP contribution in [0.2, 0.25) is 0 Å². The predicted molar refractivity (Wildman–Crippen MR) is 104 cm³/mol. The van der Waals surface area contributed by atoms with Gasteiger partial charge in [0.1, 0.15) is 6.61 Å². The summed E-state index contributed by atoms with van der Waals surface area (Å²) in [5.74, 6) is -0.549. The Morgan fingerprint density at radius 1 is 1.07 bits per heavy atom. The Morgan fingerprint density at radius 3 is 2.30 bits per heavy atom. The van der Waals surface area contributed by atoms with Gasteiger partial charge in [0.15, 0.2) is 11.4 Å². The minimum Gasteiger partial charge on any atom is -0.390 e. The molecule has 0 saturated heterocycles. The molecule has 0 aliphatic carbocycles. The van der Waals surface area contributed by atoms with E-state index in [0.29, 0.717) is 13.2 Å². The molecular formula is C22H28O5. The van der Waals surface area contributed by atoms with Crippen LogP contribution >= 0.6 is 0 Å². The maximum atomic E-state index is 12.2. The summed E-state index contributed by atoms with van der Waals surface area (Å²) in [6, 6.07) is 17.9. The lowest BCUT2D eigenvalue weighted by Crippen LogP contribution is -2.51. The van der Waals surface area contributed by atoms with Gasteiger partial charge >= 0.3 is 0 Å². The van der Waals surface area contributed by atoms with Gasteiger partial charge < -0.3 is 19.7 Å². The first-order chi connectivity index (χ1) is 13.0. The van der Waals surface area contributed by atoms with Gasteiger partial charge in [0.05, 0.1) is 12.7 Å². The number of ether oxygens (including phenoxy) is 2. The maximum absolute atomic E-state index is 12.2. The number of carbonyl (C=O) groups excluding carboxylic acids is 1. The van der Waals surface area contributed by atoms with Gasteiger partial charge in [-0.2, -0.15) is 0 Å². The Labute approximate surface area is 160 Å². The van der Waals surface area contributed by atoms with Gasteiger partial charge in [-0.1, -0.05) is 54.6 Å². The molecule has 2 aromatic rings. The summed E-state index contributed by atoms with van der Waals surface area (Å²) in [7, 11) is 0. The highest BCUT2D eigenvalue weighted by atomic mass is 16.5. The molecule has 0 unspecified atom stereocenters. The third-order valence-corrected chi connectivity index (χ3v) is 4.67. The van der Waals surface area contributed by atoms with Crippen molar-refractivity contribution in [2.75, 3.05) is 19.8 Å². The van der Waals surface area contributed by atoms with Gasteiger partial charge in [-0.05, 0) is 37.0 Å². The molecule has 0 aliphatic rings. The summed E-state index contributed by atoms with van der Waals surface area (Å²) in [6.07, 6.45) is -0.810. The number of carbonyl (C=O) groups is 1. The molecule has 0 saturated carbocycles. The lowest BCUT2D eigenvalue weighted by atomic mass is 9.91. The second-order valence-electron chi connectivity index (χ2n) is 6.54. The fraction of sp³-hybridized carbons (Fsp3) is 0.409. The van der Waals surface area contributed by atoms with Crippen LogP contribution in [0.5, 0.6) is 0 Å². The topological polar surface area (TPSA) is 76.0 Å². The number of aliphatic hydroxyl groups is 2. The van der Waals surface area contributed by atoms with Crippen LogP contribution in [0.25, 0.3) is 11.1 Å². The quantitative estimate of drug-likeness (QED) is 0.593. The van der Waals surface area contributed by atoms with Crippen LogP contribution in [0.3, 0.4) is 0 Å². The first-order valence-electron chi connectivity index (χ1n) is 9.19. The summed E-state index contributed by atoms with van der Waals surface area (Å²) in [5.41, 5.74) is 1.61. The molecule has 27 heavy (non-hydrogen) atoms. The van der Waals surface area contributed by atoms with E-state index in [1.807, 2.05) is 61.5 Å². The van der Waals surface area contributed by atoms with Crippen molar-refractivity contribution in [1.29, 1.82) is 0 Å². The Morgan fingerprint density at radius 2 is 1.70 bits per heavy atom. The van der Waals surface area contributed by atoms with Gasteiger partial charge in [-0.3, -0.25) is 4.79 Å². The monoisotopic (exact) mass is 372 g/mol. The highest BCUT2D eigenvalue weighted by molar-refractivity contribution is 5.88. The molecule has 0 fully saturated rings. The number of ketones is 1. The molecule has 0 radical (unpaired) electrons. The van der Waals surface area contributed by atoms with E-state index in [9.17, 15) is 15.0 Å². The molecular weight excluding hydrogens is 344 g/mol. The number of hydrogen-bond donors (Lipinski definition) is 2. The van der Waals surface area contributed by atoms with E-state index in [0.717, 1.165) is 16.7 Å². The standard InChI is InChI=1S/C22H28O5/c1-3-26-14-13-20(24)22(2,21(25)15-23)27-16-17-9-11-19(12-10-17)18-7-5-4-6-8-18/h4-12,20,23-24H,3,13-16H2,1-2H3/t20-,22-/m0/s1. The number of Topliss-reactive ketones (excluding diaryl/α,β-unsaturated/α-hetero) is 1. The molecule has 5 nitrogen and oxygen atoms in total. The lowest BCUT2D eigenvalue weighted by Gasteiger charge is -2.32. The largest absolute Gasteiger partial charge is 0.390 e. The summed E-state index contributed by atoms with van der Waals surface area (Å²) >= 11 is 0. The number of aliphatic hydroxyl groups excluding tert-OH is 2. The Hall–Kier alpha value is -2.05. The van der Waals surface area contributed by atoms with Crippen molar-refractivity contribution < 1.29 is 24.5 Å². The molecule has 0 bridgehead atoms. The molecule has 0 aliphatic heterocycles. The van der Waals surface area contributed by atoms with Gasteiger partial charge in [0.2, 0.25) is 0 Å². The molecule has 0 heterocycles. The highest BCUT2D eigenvalue weighted by Crippen LogP contribution is 2.24. The van der Waals surface area contributed by atoms with Crippen molar-refractivity contribution >= 4 is 5.78 Å². The van der Waals surface area contributed by atoms with Gasteiger partial charge in [-0.15, -0.1) is 0 Å². The van der Waals surface area contributed by atoms with Crippen LogP contribution in [0.1, 0.15) is 25.8 Å². The fourth-order valence-electron chi connectivity index (χ4n) is 2.79. The molecule has 0 aromatic heterocycles. The molecule has 2 atom stereocenters. The van der Waals surface area contributed by atoms with E-state index in [2.05, 4.69) is 0 Å². The zero-order valence-electron chi connectivity index (χ0n) is 15.9. The molecule has 146 valence electrons. The van der Waals surface area contributed by atoms with E-state index in [4.69, 9.17) is 9.47 Å². The van der Waals surface area contributed by atoms with E-state index >= 15 is 0 Å². The van der Waals surface area contributed by atoms with Gasteiger partial charge in [-0.25, -0.2) is 0 Å². The first-order valence-corrected chi connectivity index (χ1v) is 9.19. The highest BCUT2D eigenvalue weighted by Gasteiger charge is 2.40. The van der Waals surface area contributed by atoms with E-state index in [-0.39, 0.29) is 13.0 Å². The van der Waals surface area contributed by atoms with Crippen molar-refractivity contribution in [2.24, 2.45) is 0 Å². The van der Waals surface area contributed by atoms with Crippen molar-refractivity contribution in [3.8, 4) is 11.1 Å². The lowest BCUT2D eigenvalue weighted by molar-refractivity contribution is -0.166. The molecule has 2 aromatic carbocycles. The molecule has 2 rings (SSSR count). The van der Waals surface area contributed by atoms with Crippen molar-refractivity contribution in [3.63, 3.8) is 0 Å². The van der Waals surface area contributed by atoms with Crippen LogP contribution in [-0.2, 0) is 20.9 Å². The summed E-state index contributed by atoms with van der Waals surface area (Å²) in [4.78, 5) is 12.2. The van der Waals surface area contributed by atoms with Crippen molar-refractivity contribution in [1.82, 2.24) is 0 Å². The predicted octanol–water partition coefficient (Wildman–Crippen LogP) is 2.98. The minimum atomic E-state index is -1.48.